The molecule has 0 spiro atoms. The number of nitrogens with two attached hydrogens (primary N) is 1. The smallest absolute Gasteiger partial charge is 0.234 e. The Kier molecular flexibility index (Phi) is 6.78. The van der Waals surface area contributed by atoms with E-state index in [9.17, 15) is 9.18 Å². The van der Waals surface area contributed by atoms with Crippen molar-refractivity contribution in [3.8, 4) is 0 Å². The van der Waals surface area contributed by atoms with Crippen molar-refractivity contribution in [3.05, 3.63) is 35.6 Å². The molecule has 3 N–H and O–H groups in total. The van der Waals surface area contributed by atoms with Gasteiger partial charge in [-0.05, 0) is 24.6 Å². The van der Waals surface area contributed by atoms with Crippen molar-refractivity contribution in [2.45, 2.75) is 27.3 Å². The summed E-state index contributed by atoms with van der Waals surface area (Å²) in [6.45, 7) is 8.78. The molecule has 4 nitrogen and oxygen atoms in total. The first-order valence-corrected chi connectivity index (χ1v) is 7.30. The first kappa shape index (κ1) is 17.6. The van der Waals surface area contributed by atoms with Gasteiger partial charge in [-0.1, -0.05) is 39.0 Å². The normalized spacial score (nSPS) is 11.7. The number of benzene rings is 1. The Morgan fingerprint density at radius 2 is 2.05 bits per heavy atom. The highest BCUT2D eigenvalue weighted by molar-refractivity contribution is 5.78. The van der Waals surface area contributed by atoms with E-state index in [-0.39, 0.29) is 23.7 Å². The van der Waals surface area contributed by atoms with Crippen LogP contribution < -0.4 is 11.1 Å². The molecule has 0 aliphatic rings. The summed E-state index contributed by atoms with van der Waals surface area (Å²) in [7, 11) is 0. The molecular formula is C16H26FN3O. The minimum absolute atomic E-state index is 0.0260. The van der Waals surface area contributed by atoms with Gasteiger partial charge in [-0.15, -0.1) is 0 Å². The summed E-state index contributed by atoms with van der Waals surface area (Å²) >= 11 is 0. The van der Waals surface area contributed by atoms with Crippen LogP contribution in [0, 0.1) is 11.2 Å². The lowest BCUT2D eigenvalue weighted by Gasteiger charge is -2.30. The maximum Gasteiger partial charge on any atom is 0.234 e. The van der Waals surface area contributed by atoms with Gasteiger partial charge < -0.3 is 11.1 Å². The number of amides is 1. The molecule has 0 saturated carbocycles. The monoisotopic (exact) mass is 295 g/mol. The lowest BCUT2D eigenvalue weighted by Crippen LogP contribution is -2.43. The highest BCUT2D eigenvalue weighted by Gasteiger charge is 2.20. The third kappa shape index (κ3) is 6.23. The zero-order chi connectivity index (χ0) is 15.9. The van der Waals surface area contributed by atoms with Crippen molar-refractivity contribution in [1.29, 1.82) is 0 Å². The summed E-state index contributed by atoms with van der Waals surface area (Å²) in [4.78, 5) is 14.0. The van der Waals surface area contributed by atoms with Gasteiger partial charge >= 0.3 is 0 Å². The molecule has 21 heavy (non-hydrogen) atoms. The van der Waals surface area contributed by atoms with Crippen molar-refractivity contribution in [2.75, 3.05) is 26.2 Å². The van der Waals surface area contributed by atoms with Crippen molar-refractivity contribution < 1.29 is 9.18 Å². The number of carbonyl (C=O) groups excluding carboxylic acids is 1. The van der Waals surface area contributed by atoms with Crippen molar-refractivity contribution in [2.24, 2.45) is 11.1 Å². The van der Waals surface area contributed by atoms with Crippen LogP contribution in [0.5, 0.6) is 0 Å². The number of halogens is 1. The molecule has 1 rings (SSSR count). The van der Waals surface area contributed by atoms with Gasteiger partial charge in [0.25, 0.3) is 0 Å². The molecule has 118 valence electrons. The molecule has 0 aromatic heterocycles. The molecule has 0 aliphatic heterocycles. The molecule has 0 fully saturated rings. The number of rotatable bonds is 8. The molecule has 0 heterocycles. The van der Waals surface area contributed by atoms with Crippen LogP contribution in [-0.2, 0) is 11.3 Å². The van der Waals surface area contributed by atoms with E-state index in [1.54, 1.807) is 18.2 Å². The summed E-state index contributed by atoms with van der Waals surface area (Å²) in [5.74, 6) is -0.401. The molecule has 0 aliphatic carbocycles. The van der Waals surface area contributed by atoms with Crippen LogP contribution in [0.15, 0.2) is 24.3 Å². The number of carbonyl (C=O) groups is 1. The topological polar surface area (TPSA) is 58.4 Å². The van der Waals surface area contributed by atoms with Gasteiger partial charge in [-0.3, -0.25) is 9.69 Å². The number of nitrogens with zero attached hydrogens (tertiary/aromatic N) is 1. The van der Waals surface area contributed by atoms with E-state index in [4.69, 9.17) is 5.73 Å². The lowest BCUT2D eigenvalue weighted by molar-refractivity contribution is -0.122. The summed E-state index contributed by atoms with van der Waals surface area (Å²) in [5.41, 5.74) is 6.19. The zero-order valence-electron chi connectivity index (χ0n) is 13.2. The Morgan fingerprint density at radius 1 is 1.38 bits per heavy atom. The average Bonchev–Trinajstić information content (AvgIpc) is 2.45. The molecule has 0 atom stereocenters. The SMILES string of the molecule is CCN(CC(=O)NCc1ccccc1F)CC(C)(C)CN. The third-order valence-electron chi connectivity index (χ3n) is 3.45. The number of hydrogen-bond donors (Lipinski definition) is 2. The fourth-order valence-electron chi connectivity index (χ4n) is 2.04. The molecule has 5 heteroatoms. The lowest BCUT2D eigenvalue weighted by atomic mass is 9.93. The first-order valence-electron chi connectivity index (χ1n) is 7.30. The van der Waals surface area contributed by atoms with Crippen LogP contribution in [0.25, 0.3) is 0 Å². The van der Waals surface area contributed by atoms with Crippen molar-refractivity contribution in [3.63, 3.8) is 0 Å². The summed E-state index contributed by atoms with van der Waals surface area (Å²) in [6, 6.07) is 6.45. The molecule has 1 amide bonds. The van der Waals surface area contributed by atoms with Gasteiger partial charge in [0.05, 0.1) is 6.54 Å². The highest BCUT2D eigenvalue weighted by atomic mass is 19.1. The average molecular weight is 295 g/mol. The molecular weight excluding hydrogens is 269 g/mol. The van der Waals surface area contributed by atoms with Crippen molar-refractivity contribution in [1.82, 2.24) is 10.2 Å². The standard InChI is InChI=1S/C16H26FN3O/c1-4-20(12-16(2,3)11-18)10-15(21)19-9-13-7-5-6-8-14(13)17/h5-8H,4,9-12,18H2,1-3H3,(H,19,21). The third-order valence-corrected chi connectivity index (χ3v) is 3.45. The van der Waals surface area contributed by atoms with Crippen LogP contribution in [0.2, 0.25) is 0 Å². The van der Waals surface area contributed by atoms with E-state index in [1.165, 1.54) is 6.07 Å². The summed E-state index contributed by atoms with van der Waals surface area (Å²) in [6.07, 6.45) is 0. The maximum absolute atomic E-state index is 13.5. The van der Waals surface area contributed by atoms with Gasteiger partial charge in [0.15, 0.2) is 0 Å². The van der Waals surface area contributed by atoms with Crippen LogP contribution in [0.4, 0.5) is 4.39 Å². The molecule has 1 aromatic rings. The number of likely N-dealkylation sites (N-methyl/N-ethyl adjacent to an activating group) is 1. The predicted octanol–water partition coefficient (Wildman–Crippen LogP) is 1.75. The maximum atomic E-state index is 13.5. The van der Waals surface area contributed by atoms with E-state index < -0.39 is 0 Å². The Bertz CT molecular complexity index is 463. The van der Waals surface area contributed by atoms with Gasteiger partial charge in [0.1, 0.15) is 5.82 Å². The van der Waals surface area contributed by atoms with E-state index in [2.05, 4.69) is 19.2 Å². The fraction of sp³-hybridized carbons (Fsp3) is 0.562. The molecule has 1 aromatic carbocycles. The molecule has 0 unspecified atom stereocenters. The van der Waals surface area contributed by atoms with E-state index >= 15 is 0 Å². The fourth-order valence-corrected chi connectivity index (χ4v) is 2.04. The van der Waals surface area contributed by atoms with Gasteiger partial charge in [-0.25, -0.2) is 4.39 Å². The Hall–Kier alpha value is -1.46. The van der Waals surface area contributed by atoms with Crippen molar-refractivity contribution >= 4 is 5.91 Å². The van der Waals surface area contributed by atoms with Gasteiger partial charge in [0, 0.05) is 18.7 Å². The van der Waals surface area contributed by atoms with Gasteiger partial charge in [-0.2, -0.15) is 0 Å². The Balaban J connectivity index is 2.47. The highest BCUT2D eigenvalue weighted by Crippen LogP contribution is 2.14. The minimum atomic E-state index is -0.297. The minimum Gasteiger partial charge on any atom is -0.351 e. The van der Waals surface area contributed by atoms with Gasteiger partial charge in [0.2, 0.25) is 5.91 Å². The van der Waals surface area contributed by atoms with Crippen LogP contribution in [0.1, 0.15) is 26.3 Å². The van der Waals surface area contributed by atoms with E-state index in [0.29, 0.717) is 18.7 Å². The first-order chi connectivity index (χ1) is 9.88. The number of hydrogen-bond acceptors (Lipinski definition) is 3. The molecule has 0 bridgehead atoms. The summed E-state index contributed by atoms with van der Waals surface area (Å²) in [5, 5.41) is 2.76. The predicted molar refractivity (Wildman–Crippen MR) is 83.2 cm³/mol. The van der Waals surface area contributed by atoms with Crippen LogP contribution >= 0.6 is 0 Å². The zero-order valence-corrected chi connectivity index (χ0v) is 13.2. The second kappa shape index (κ2) is 8.10. The van der Waals surface area contributed by atoms with E-state index in [0.717, 1.165) is 13.1 Å². The molecule has 0 saturated heterocycles. The van der Waals surface area contributed by atoms with Crippen LogP contribution in [0.3, 0.4) is 0 Å². The second-order valence-electron chi connectivity index (χ2n) is 6.04. The molecule has 0 radical (unpaired) electrons. The quantitative estimate of drug-likeness (QED) is 0.768. The van der Waals surface area contributed by atoms with E-state index in [1.807, 2.05) is 11.8 Å². The van der Waals surface area contributed by atoms with Crippen LogP contribution in [-0.4, -0.2) is 37.0 Å². The summed E-state index contributed by atoms with van der Waals surface area (Å²) < 4.78 is 13.5. The Morgan fingerprint density at radius 3 is 2.62 bits per heavy atom. The largest absolute Gasteiger partial charge is 0.351 e. The second-order valence-corrected chi connectivity index (χ2v) is 6.04. The Labute approximate surface area is 126 Å². The number of nitrogens with one attached hydrogen (secondary N) is 1.